The van der Waals surface area contributed by atoms with E-state index in [1.807, 2.05) is 32.9 Å². The topological polar surface area (TPSA) is 117 Å². The number of carbonyl (C=O) groups is 3. The van der Waals surface area contributed by atoms with Gasteiger partial charge in [-0.2, -0.15) is 0 Å². The van der Waals surface area contributed by atoms with Crippen LogP contribution >= 0.6 is 0 Å². The van der Waals surface area contributed by atoms with Gasteiger partial charge in [-0.3, -0.25) is 19.3 Å². The molecule has 9 heteroatoms. The van der Waals surface area contributed by atoms with Crippen LogP contribution in [0, 0.1) is 11.8 Å². The molecular formula is C35H51N3O6. The number of aliphatic hydroxyl groups excluding tert-OH is 1. The Morgan fingerprint density at radius 3 is 2.39 bits per heavy atom. The second kappa shape index (κ2) is 18.4. The number of hydrogen-bond acceptors (Lipinski definition) is 8. The summed E-state index contributed by atoms with van der Waals surface area (Å²) >= 11 is 0. The van der Waals surface area contributed by atoms with Crippen molar-refractivity contribution in [3.8, 4) is 0 Å². The predicted octanol–water partition coefficient (Wildman–Crippen LogP) is 3.95. The second-order valence-corrected chi connectivity index (χ2v) is 11.7. The first-order valence-electron chi connectivity index (χ1n) is 15.2. The third-order valence-electron chi connectivity index (χ3n) is 7.91. The Balaban J connectivity index is 2.49. The summed E-state index contributed by atoms with van der Waals surface area (Å²) in [6, 6.07) is 0. The number of amides is 1. The highest BCUT2D eigenvalue weighted by Crippen LogP contribution is 2.28. The van der Waals surface area contributed by atoms with E-state index >= 15 is 0 Å². The lowest BCUT2D eigenvalue weighted by Crippen LogP contribution is -2.39. The van der Waals surface area contributed by atoms with Crippen molar-refractivity contribution in [3.05, 3.63) is 83.8 Å². The molecule has 1 aliphatic carbocycles. The smallest absolute Gasteiger partial charge is 0.251 e. The first-order chi connectivity index (χ1) is 20.9. The Labute approximate surface area is 263 Å². The fourth-order valence-electron chi connectivity index (χ4n) is 5.46. The van der Waals surface area contributed by atoms with Crippen molar-refractivity contribution in [1.82, 2.24) is 15.5 Å². The zero-order valence-electron chi connectivity index (χ0n) is 27.2. The van der Waals surface area contributed by atoms with Gasteiger partial charge >= 0.3 is 0 Å². The molecule has 242 valence electrons. The van der Waals surface area contributed by atoms with E-state index in [2.05, 4.69) is 28.7 Å². The number of methoxy groups -OCH3 is 2. The van der Waals surface area contributed by atoms with Crippen LogP contribution in [0.3, 0.4) is 0 Å². The van der Waals surface area contributed by atoms with E-state index in [-0.39, 0.29) is 41.5 Å². The van der Waals surface area contributed by atoms with Crippen molar-refractivity contribution in [2.24, 2.45) is 11.8 Å². The van der Waals surface area contributed by atoms with E-state index in [4.69, 9.17) is 9.47 Å². The van der Waals surface area contributed by atoms with E-state index < -0.39 is 23.9 Å². The summed E-state index contributed by atoms with van der Waals surface area (Å²) < 4.78 is 11.3. The Hall–Kier alpha value is -3.37. The third-order valence-corrected chi connectivity index (χ3v) is 7.91. The molecule has 3 N–H and O–H groups in total. The molecule has 0 aromatic carbocycles. The van der Waals surface area contributed by atoms with Gasteiger partial charge in [0.2, 0.25) is 11.6 Å². The molecule has 2 bridgehead atoms. The number of aliphatic hydroxyl groups is 1. The molecule has 0 aromatic heterocycles. The first-order valence-corrected chi connectivity index (χ1v) is 15.2. The first kappa shape index (κ1) is 36.8. The molecule has 1 amide bonds. The van der Waals surface area contributed by atoms with E-state index in [0.29, 0.717) is 50.2 Å². The van der Waals surface area contributed by atoms with Crippen molar-refractivity contribution < 1.29 is 29.0 Å². The molecule has 44 heavy (non-hydrogen) atoms. The number of hydrogen-bond donors (Lipinski definition) is 3. The van der Waals surface area contributed by atoms with Gasteiger partial charge in [0.05, 0.1) is 29.7 Å². The van der Waals surface area contributed by atoms with Crippen LogP contribution in [0.4, 0.5) is 0 Å². The standard InChI is InChI=1S/C35H51N3O6/c1-9-15-38(16-10-2)17-14-36-32-28-20-24(4)21-31(44-8)33(40)26(6)18-23(3)19-27(43-7)13-11-12-25(5)35(42)37-29(34(28)41)22-30(32)39/h9-13,18,22,24,26-27,31,33,36,40H,1-2,14-17,19-21H2,3-8H3,(H,37,42)/b13-11-,23-18+,25-12+. The average molecular weight is 610 g/mol. The molecular weight excluding hydrogens is 558 g/mol. The van der Waals surface area contributed by atoms with E-state index in [0.717, 1.165) is 5.57 Å². The van der Waals surface area contributed by atoms with Crippen LogP contribution in [0.1, 0.15) is 47.0 Å². The van der Waals surface area contributed by atoms with Crippen LogP contribution in [-0.4, -0.2) is 86.2 Å². The molecule has 1 aliphatic heterocycles. The number of nitrogens with one attached hydrogen (secondary N) is 2. The number of ether oxygens (including phenoxy) is 2. The quantitative estimate of drug-likeness (QED) is 0.252. The lowest BCUT2D eigenvalue weighted by Gasteiger charge is -2.29. The number of Topliss-reactive ketones (excluding diaryl/α,β-unsaturated/α-hetero) is 1. The highest BCUT2D eigenvalue weighted by Gasteiger charge is 2.32. The van der Waals surface area contributed by atoms with Crippen molar-refractivity contribution in [3.63, 3.8) is 0 Å². The molecule has 0 aromatic rings. The number of rotatable bonds is 10. The summed E-state index contributed by atoms with van der Waals surface area (Å²) in [6.07, 6.45) is 11.9. The number of allylic oxidation sites excluding steroid dienone is 4. The largest absolute Gasteiger partial charge is 0.390 e. The molecule has 0 radical (unpaired) electrons. The normalized spacial score (nSPS) is 29.2. The Bertz CT molecular complexity index is 1200. The number of carbonyl (C=O) groups excluding carboxylic acids is 3. The minimum atomic E-state index is -0.785. The van der Waals surface area contributed by atoms with Crippen molar-refractivity contribution in [1.29, 1.82) is 0 Å². The van der Waals surface area contributed by atoms with Gasteiger partial charge in [-0.15, -0.1) is 13.2 Å². The maximum atomic E-state index is 13.8. The van der Waals surface area contributed by atoms with Crippen LogP contribution in [0.25, 0.3) is 0 Å². The number of fused-ring (bicyclic) bond motifs is 2. The van der Waals surface area contributed by atoms with Crippen molar-refractivity contribution in [2.45, 2.75) is 65.3 Å². The molecule has 0 saturated carbocycles. The van der Waals surface area contributed by atoms with E-state index in [1.165, 1.54) is 6.08 Å². The van der Waals surface area contributed by atoms with Gasteiger partial charge in [0.25, 0.3) is 5.91 Å². The van der Waals surface area contributed by atoms with Gasteiger partial charge in [-0.05, 0) is 39.0 Å². The maximum Gasteiger partial charge on any atom is 0.251 e. The zero-order chi connectivity index (χ0) is 32.8. The molecule has 2 rings (SSSR count). The molecule has 2 aliphatic rings. The van der Waals surface area contributed by atoms with Gasteiger partial charge in [0.1, 0.15) is 0 Å². The lowest BCUT2D eigenvalue weighted by molar-refractivity contribution is -0.120. The SMILES string of the molecule is C=CCN(CC=C)CCNC1=C2CC(C)CC(OC)C(O)C(C)/C=C(\C)CC(OC)/C=C\C=C(/C)C(=O)NC(=CC1=O)C2=O. The summed E-state index contributed by atoms with van der Waals surface area (Å²) in [6.45, 7) is 17.5. The maximum absolute atomic E-state index is 13.8. The lowest BCUT2D eigenvalue weighted by atomic mass is 9.85. The highest BCUT2D eigenvalue weighted by molar-refractivity contribution is 6.23. The molecule has 5 unspecified atom stereocenters. The van der Waals surface area contributed by atoms with Crippen LogP contribution in [0.5, 0.6) is 0 Å². The van der Waals surface area contributed by atoms with Gasteiger partial charge in [0, 0.05) is 63.5 Å². The van der Waals surface area contributed by atoms with Crippen molar-refractivity contribution >= 4 is 17.5 Å². The number of ketones is 2. The molecule has 0 saturated heterocycles. The van der Waals surface area contributed by atoms with Gasteiger partial charge in [0.15, 0.2) is 0 Å². The fraction of sp³-hybridized carbons (Fsp3) is 0.514. The van der Waals surface area contributed by atoms with Crippen LogP contribution in [0.2, 0.25) is 0 Å². The summed E-state index contributed by atoms with van der Waals surface area (Å²) in [5.41, 5.74) is 1.89. The van der Waals surface area contributed by atoms with Crippen LogP contribution in [-0.2, 0) is 23.9 Å². The third kappa shape index (κ3) is 11.0. The molecule has 5 atom stereocenters. The molecule has 0 spiro atoms. The molecule has 9 nitrogen and oxygen atoms in total. The van der Waals surface area contributed by atoms with Gasteiger partial charge < -0.3 is 25.2 Å². The van der Waals surface area contributed by atoms with Gasteiger partial charge in [-0.1, -0.05) is 55.9 Å². The average Bonchev–Trinajstić information content (AvgIpc) is 2.98. The monoisotopic (exact) mass is 609 g/mol. The Morgan fingerprint density at radius 2 is 1.77 bits per heavy atom. The zero-order valence-corrected chi connectivity index (χ0v) is 27.2. The predicted molar refractivity (Wildman–Crippen MR) is 175 cm³/mol. The van der Waals surface area contributed by atoms with E-state index in [9.17, 15) is 19.5 Å². The summed E-state index contributed by atoms with van der Waals surface area (Å²) in [5, 5.41) is 17.1. The van der Waals surface area contributed by atoms with E-state index in [1.54, 1.807) is 45.4 Å². The van der Waals surface area contributed by atoms with Crippen LogP contribution in [0.15, 0.2) is 83.8 Å². The minimum Gasteiger partial charge on any atom is -0.390 e. The minimum absolute atomic E-state index is 0.0612. The fourth-order valence-corrected chi connectivity index (χ4v) is 5.46. The molecule has 1 heterocycles. The Morgan fingerprint density at radius 1 is 1.09 bits per heavy atom. The molecule has 0 fully saturated rings. The van der Waals surface area contributed by atoms with Crippen LogP contribution < -0.4 is 10.6 Å². The summed E-state index contributed by atoms with van der Waals surface area (Å²) in [4.78, 5) is 42.3. The van der Waals surface area contributed by atoms with Crippen molar-refractivity contribution in [2.75, 3.05) is 40.4 Å². The van der Waals surface area contributed by atoms with Gasteiger partial charge in [-0.25, -0.2) is 0 Å². The Kier molecular flexibility index (Phi) is 15.4. The summed E-state index contributed by atoms with van der Waals surface area (Å²) in [7, 11) is 3.18. The summed E-state index contributed by atoms with van der Waals surface area (Å²) in [5.74, 6) is -1.60. The second-order valence-electron chi connectivity index (χ2n) is 11.7. The highest BCUT2D eigenvalue weighted by atomic mass is 16.5. The number of nitrogens with zero attached hydrogens (tertiary/aromatic N) is 1.